The number of hydrogen-bond donors (Lipinski definition) is 1. The maximum Gasteiger partial charge on any atom is 0.303 e. The number of unbranched alkanes of at least 4 members (excludes halogenated alkanes) is 2. The van der Waals surface area contributed by atoms with Crippen LogP contribution in [0.5, 0.6) is 0 Å². The van der Waals surface area contributed by atoms with Crippen molar-refractivity contribution in [1.29, 1.82) is 0 Å². The summed E-state index contributed by atoms with van der Waals surface area (Å²) in [5, 5.41) is 8.51. The smallest absolute Gasteiger partial charge is 0.303 e. The van der Waals surface area contributed by atoms with Crippen LogP contribution in [0.3, 0.4) is 0 Å². The number of carboxylic acid groups (broad SMARTS) is 1. The molecule has 0 saturated carbocycles. The van der Waals surface area contributed by atoms with Crippen molar-refractivity contribution in [3.8, 4) is 0 Å². The van der Waals surface area contributed by atoms with Gasteiger partial charge in [0.25, 0.3) is 0 Å². The van der Waals surface area contributed by atoms with Gasteiger partial charge in [-0.25, -0.2) is 4.57 Å². The van der Waals surface area contributed by atoms with Gasteiger partial charge in [-0.1, -0.05) is 6.42 Å². The number of aromatic nitrogens is 1. The summed E-state index contributed by atoms with van der Waals surface area (Å²) in [4.78, 5) is 10.3. The van der Waals surface area contributed by atoms with E-state index in [-0.39, 0.29) is 0 Å². The molecule has 0 radical (unpaired) electrons. The van der Waals surface area contributed by atoms with Crippen LogP contribution in [0.2, 0.25) is 0 Å². The fourth-order valence-corrected chi connectivity index (χ4v) is 1.78. The maximum absolute atomic E-state index is 10.3. The van der Waals surface area contributed by atoms with Crippen molar-refractivity contribution in [2.24, 2.45) is 7.05 Å². The number of pyridine rings is 1. The lowest BCUT2D eigenvalue weighted by molar-refractivity contribution is -0.678. The van der Waals surface area contributed by atoms with E-state index in [2.05, 4.69) is 23.6 Å². The van der Waals surface area contributed by atoms with E-state index in [1.807, 2.05) is 13.2 Å². The molecule has 16 heavy (non-hydrogen) atoms. The molecule has 0 aromatic carbocycles. The number of hydrogen-bond acceptors (Lipinski definition) is 1. The minimum Gasteiger partial charge on any atom is -0.481 e. The van der Waals surface area contributed by atoms with Crippen molar-refractivity contribution in [3.63, 3.8) is 0 Å². The predicted molar refractivity (Wildman–Crippen MR) is 62.2 cm³/mol. The third-order valence-electron chi connectivity index (χ3n) is 2.94. The summed E-state index contributed by atoms with van der Waals surface area (Å²) in [6.45, 7) is 2.12. The average molecular weight is 222 g/mol. The Balaban J connectivity index is 2.32. The lowest BCUT2D eigenvalue weighted by Crippen LogP contribution is -2.32. The van der Waals surface area contributed by atoms with Gasteiger partial charge < -0.3 is 5.11 Å². The molecule has 1 N–H and O–H groups in total. The van der Waals surface area contributed by atoms with E-state index in [1.54, 1.807) is 0 Å². The molecule has 0 saturated heterocycles. The molecule has 1 rings (SSSR count). The third-order valence-corrected chi connectivity index (χ3v) is 2.94. The van der Waals surface area contributed by atoms with Crippen LogP contribution in [0, 0.1) is 6.92 Å². The monoisotopic (exact) mass is 222 g/mol. The molecule has 0 aliphatic rings. The van der Waals surface area contributed by atoms with E-state index in [0.29, 0.717) is 6.42 Å². The molecule has 1 heterocycles. The topological polar surface area (TPSA) is 41.2 Å². The van der Waals surface area contributed by atoms with E-state index < -0.39 is 5.97 Å². The highest BCUT2D eigenvalue weighted by Gasteiger charge is 2.06. The Morgan fingerprint density at radius 2 is 2.12 bits per heavy atom. The van der Waals surface area contributed by atoms with Crippen molar-refractivity contribution < 1.29 is 14.5 Å². The van der Waals surface area contributed by atoms with Crippen LogP contribution < -0.4 is 4.57 Å². The standard InChI is InChI=1S/C13H19NO2/c1-11-12(8-6-10-14(11)2)7-4-3-5-9-13(15)16/h6,8,10H,3-5,7,9H2,1-2H3/p+1. The van der Waals surface area contributed by atoms with E-state index >= 15 is 0 Å². The highest BCUT2D eigenvalue weighted by atomic mass is 16.4. The van der Waals surface area contributed by atoms with Crippen LogP contribution in [-0.4, -0.2) is 11.1 Å². The van der Waals surface area contributed by atoms with Crippen molar-refractivity contribution in [3.05, 3.63) is 29.6 Å². The summed E-state index contributed by atoms with van der Waals surface area (Å²) < 4.78 is 2.12. The fraction of sp³-hybridized carbons (Fsp3) is 0.538. The highest BCUT2D eigenvalue weighted by molar-refractivity contribution is 5.66. The molecule has 0 unspecified atom stereocenters. The van der Waals surface area contributed by atoms with Crippen LogP contribution >= 0.6 is 0 Å². The third kappa shape index (κ3) is 4.01. The molecular weight excluding hydrogens is 202 g/mol. The lowest BCUT2D eigenvalue weighted by Gasteiger charge is -2.03. The first-order chi connectivity index (χ1) is 7.61. The first-order valence-electron chi connectivity index (χ1n) is 5.77. The zero-order chi connectivity index (χ0) is 12.0. The van der Waals surface area contributed by atoms with E-state index in [9.17, 15) is 4.79 Å². The van der Waals surface area contributed by atoms with Gasteiger partial charge in [-0.2, -0.15) is 0 Å². The number of carbonyl (C=O) groups is 1. The molecule has 0 spiro atoms. The van der Waals surface area contributed by atoms with Crippen molar-refractivity contribution in [2.75, 3.05) is 0 Å². The molecule has 0 aliphatic heterocycles. The van der Waals surface area contributed by atoms with Crippen LogP contribution in [0.1, 0.15) is 36.9 Å². The Kier molecular flexibility index (Phi) is 4.96. The van der Waals surface area contributed by atoms with Crippen molar-refractivity contribution in [1.82, 2.24) is 0 Å². The molecule has 1 aromatic heterocycles. The Hall–Kier alpha value is -1.38. The van der Waals surface area contributed by atoms with Gasteiger partial charge in [0.1, 0.15) is 7.05 Å². The van der Waals surface area contributed by atoms with Crippen LogP contribution in [0.15, 0.2) is 18.3 Å². The van der Waals surface area contributed by atoms with E-state index in [4.69, 9.17) is 5.11 Å². The first-order valence-corrected chi connectivity index (χ1v) is 5.77. The molecule has 1 aromatic rings. The minimum atomic E-state index is -0.692. The van der Waals surface area contributed by atoms with Crippen LogP contribution in [0.25, 0.3) is 0 Å². The molecule has 0 amide bonds. The highest BCUT2D eigenvalue weighted by Crippen LogP contribution is 2.09. The maximum atomic E-state index is 10.3. The van der Waals surface area contributed by atoms with Gasteiger partial charge in [0.05, 0.1) is 0 Å². The Labute approximate surface area is 96.7 Å². The molecule has 88 valence electrons. The number of carboxylic acids is 1. The van der Waals surface area contributed by atoms with Gasteiger partial charge in [0, 0.05) is 25.0 Å². The summed E-state index contributed by atoms with van der Waals surface area (Å²) >= 11 is 0. The Bertz CT molecular complexity index is 361. The number of nitrogens with zero attached hydrogens (tertiary/aromatic N) is 1. The fourth-order valence-electron chi connectivity index (χ4n) is 1.78. The summed E-state index contributed by atoms with van der Waals surface area (Å²) in [7, 11) is 2.04. The first kappa shape index (κ1) is 12.7. The normalized spacial score (nSPS) is 10.4. The summed E-state index contributed by atoms with van der Waals surface area (Å²) in [6, 6.07) is 4.20. The number of rotatable bonds is 6. The van der Waals surface area contributed by atoms with Gasteiger partial charge in [-0.3, -0.25) is 4.79 Å². The number of aliphatic carboxylic acids is 1. The molecule has 0 fully saturated rings. The van der Waals surface area contributed by atoms with Gasteiger partial charge in [0.15, 0.2) is 11.9 Å². The van der Waals surface area contributed by atoms with Crippen molar-refractivity contribution >= 4 is 5.97 Å². The SMILES string of the molecule is Cc1c(CCCCCC(=O)O)ccc[n+]1C. The van der Waals surface area contributed by atoms with E-state index in [0.717, 1.165) is 25.7 Å². The second kappa shape index (κ2) is 6.26. The summed E-state index contributed by atoms with van der Waals surface area (Å²) in [6.07, 6.45) is 6.22. The zero-order valence-corrected chi connectivity index (χ0v) is 10.1. The Morgan fingerprint density at radius 1 is 1.38 bits per heavy atom. The van der Waals surface area contributed by atoms with E-state index in [1.165, 1.54) is 11.3 Å². The second-order valence-corrected chi connectivity index (χ2v) is 4.18. The summed E-state index contributed by atoms with van der Waals surface area (Å²) in [5.41, 5.74) is 2.65. The molecule has 0 atom stereocenters. The van der Waals surface area contributed by atoms with Crippen LogP contribution in [-0.2, 0) is 18.3 Å². The Morgan fingerprint density at radius 3 is 2.81 bits per heavy atom. The quantitative estimate of drug-likeness (QED) is 0.591. The molecule has 3 heteroatoms. The second-order valence-electron chi connectivity index (χ2n) is 4.18. The van der Waals surface area contributed by atoms with Gasteiger partial charge in [-0.05, 0) is 25.3 Å². The predicted octanol–water partition coefficient (Wildman–Crippen LogP) is 2.01. The van der Waals surface area contributed by atoms with Crippen molar-refractivity contribution in [2.45, 2.75) is 39.0 Å². The van der Waals surface area contributed by atoms with Gasteiger partial charge >= 0.3 is 5.97 Å². The molecular formula is C13H20NO2+. The van der Waals surface area contributed by atoms with Gasteiger partial charge in [0.2, 0.25) is 0 Å². The van der Waals surface area contributed by atoms with Crippen LogP contribution in [0.4, 0.5) is 0 Å². The lowest BCUT2D eigenvalue weighted by atomic mass is 10.1. The average Bonchev–Trinajstić information content (AvgIpc) is 2.23. The zero-order valence-electron chi connectivity index (χ0n) is 10.1. The molecule has 3 nitrogen and oxygen atoms in total. The molecule has 0 bridgehead atoms. The van der Waals surface area contributed by atoms with Gasteiger partial charge in [-0.15, -0.1) is 0 Å². The minimum absolute atomic E-state index is 0.293. The molecule has 0 aliphatic carbocycles. The summed E-state index contributed by atoms with van der Waals surface area (Å²) in [5.74, 6) is -0.692. The number of aryl methyl sites for hydroxylation is 2. The largest absolute Gasteiger partial charge is 0.481 e.